The zero-order valence-electron chi connectivity index (χ0n) is 47.1. The number of aliphatic imine (C=N–C) groups is 2. The van der Waals surface area contributed by atoms with Gasteiger partial charge in [-0.3, -0.25) is 53.1 Å². The van der Waals surface area contributed by atoms with Gasteiger partial charge in [-0.05, 0) is 78.6 Å². The van der Waals surface area contributed by atoms with E-state index in [1.54, 1.807) is 79.1 Å². The average Bonchev–Trinajstić information content (AvgIpc) is 2.52. The number of aromatic hydroxyl groups is 1. The number of fused-ring (bicyclic) bond motifs is 2. The Labute approximate surface area is 494 Å². The van der Waals surface area contributed by atoms with Crippen LogP contribution in [0.4, 0.5) is 0 Å². The van der Waals surface area contributed by atoms with E-state index < -0.39 is 108 Å². The van der Waals surface area contributed by atoms with Crippen LogP contribution >= 0.6 is 0 Å². The molecule has 9 amide bonds. The second-order valence-electron chi connectivity index (χ2n) is 20.4. The van der Waals surface area contributed by atoms with Crippen molar-refractivity contribution in [2.75, 3.05) is 19.6 Å². The number of nitrogens with two attached hydrogens (primary N) is 7. The summed E-state index contributed by atoms with van der Waals surface area (Å²) < 4.78 is 0. The van der Waals surface area contributed by atoms with Crippen molar-refractivity contribution in [3.05, 3.63) is 138 Å². The number of aromatic nitrogens is 2. The molecule has 6 rings (SSSR count). The molecule has 2 heterocycles. The summed E-state index contributed by atoms with van der Waals surface area (Å²) >= 11 is 0. The molecule has 6 aromatic rings. The molecule has 0 saturated heterocycles. The van der Waals surface area contributed by atoms with Gasteiger partial charge in [-0.25, -0.2) is 0 Å². The Hall–Kier alpha value is -10.5. The number of H-pyrrole nitrogens is 2. The van der Waals surface area contributed by atoms with Crippen molar-refractivity contribution in [1.82, 2.24) is 47.2 Å². The molecule has 7 atom stereocenters. The lowest BCUT2D eigenvalue weighted by Crippen LogP contribution is -2.60. The highest BCUT2D eigenvalue weighted by molar-refractivity contribution is 5.99. The number of aromatic amines is 2. The van der Waals surface area contributed by atoms with Gasteiger partial charge in [-0.15, -0.1) is 0 Å². The predicted octanol–water partition coefficient (Wildman–Crippen LogP) is -2.55. The van der Waals surface area contributed by atoms with Crippen molar-refractivity contribution in [3.63, 3.8) is 0 Å². The van der Waals surface area contributed by atoms with E-state index in [9.17, 15) is 48.3 Å². The van der Waals surface area contributed by atoms with E-state index in [4.69, 9.17) is 40.1 Å². The summed E-state index contributed by atoms with van der Waals surface area (Å²) in [7, 11) is 0. The number of nitrogens with zero attached hydrogens (tertiary/aromatic N) is 2. The number of benzene rings is 4. The Morgan fingerprint density at radius 3 is 1.44 bits per heavy atom. The lowest BCUT2D eigenvalue weighted by molar-refractivity contribution is -0.136. The van der Waals surface area contributed by atoms with Crippen molar-refractivity contribution in [1.29, 1.82) is 0 Å². The first kappa shape index (κ1) is 64.7. The third-order valence-electron chi connectivity index (χ3n) is 13.8. The highest BCUT2D eigenvalue weighted by Gasteiger charge is 2.34. The van der Waals surface area contributed by atoms with Crippen LogP contribution in [-0.4, -0.2) is 142 Å². The fraction of sp³-hybridized carbons (Fsp3) is 0.328. The average molecular weight is 1180 g/mol. The van der Waals surface area contributed by atoms with Crippen LogP contribution in [0.2, 0.25) is 0 Å². The highest BCUT2D eigenvalue weighted by atomic mass is 16.3. The van der Waals surface area contributed by atoms with Crippen LogP contribution in [-0.2, 0) is 68.8 Å². The number of phenolic OH excluding ortho intramolecular Hbond substituents is 1. The van der Waals surface area contributed by atoms with Gasteiger partial charge in [0, 0.05) is 66.6 Å². The second kappa shape index (κ2) is 31.8. The number of guanidine groups is 2. The van der Waals surface area contributed by atoms with Crippen LogP contribution < -0.4 is 77.4 Å². The summed E-state index contributed by atoms with van der Waals surface area (Å²) in [6.45, 7) is -0.584. The van der Waals surface area contributed by atoms with Gasteiger partial charge in [0.1, 0.15) is 42.0 Å². The Bertz CT molecular complexity index is 3400. The number of phenols is 1. The summed E-state index contributed by atoms with van der Waals surface area (Å²) in [4.78, 5) is 138. The first-order chi connectivity index (χ1) is 41.1. The number of hydrogen-bond donors (Lipinski definition) is 17. The Morgan fingerprint density at radius 1 is 0.465 bits per heavy atom. The lowest BCUT2D eigenvalue weighted by Gasteiger charge is -2.27. The SMILES string of the molecule is NC(=O)C[C@H](NC(=O)[C@H](CCCN=C(N)N)NC(=O)[C@@H](N)Cc1ccc(O)cc1)C(=O)N[C@@H](Cc1c[nH]c2ccccc12)C(=O)N[C@@H](Cc1ccccc1)C(=O)NCC(=O)N[C@@H](CCCN=C(N)N)C(=O)N[C@@H](Cc1c[nH]c2ccccc12)C(N)=O. The minimum Gasteiger partial charge on any atom is -0.508 e. The van der Waals surface area contributed by atoms with Crippen LogP contribution in [0.3, 0.4) is 0 Å². The quantitative estimate of drug-likeness (QED) is 0.0115. The number of carbonyl (C=O) groups excluding carboxylic acids is 9. The van der Waals surface area contributed by atoms with Gasteiger partial charge >= 0.3 is 0 Å². The molecule has 2 aromatic heterocycles. The molecule has 28 nitrogen and oxygen atoms in total. The van der Waals surface area contributed by atoms with Gasteiger partial charge in [0.25, 0.3) is 0 Å². The zero-order valence-corrected chi connectivity index (χ0v) is 47.1. The van der Waals surface area contributed by atoms with Crippen molar-refractivity contribution < 1.29 is 48.3 Å². The molecule has 0 aliphatic heterocycles. The summed E-state index contributed by atoms with van der Waals surface area (Å²) in [5.41, 5.74) is 43.6. The summed E-state index contributed by atoms with van der Waals surface area (Å²) in [6.07, 6.45) is 2.49. The number of amides is 9. The van der Waals surface area contributed by atoms with E-state index in [0.717, 1.165) is 10.9 Å². The van der Waals surface area contributed by atoms with Gasteiger partial charge in [-0.2, -0.15) is 0 Å². The van der Waals surface area contributed by atoms with Crippen LogP contribution in [0, 0.1) is 0 Å². The topological polar surface area (TPSA) is 497 Å². The maximum absolute atomic E-state index is 14.8. The maximum Gasteiger partial charge on any atom is 0.243 e. The van der Waals surface area contributed by atoms with Crippen molar-refractivity contribution in [2.45, 2.75) is 100 Å². The molecule has 0 aliphatic rings. The van der Waals surface area contributed by atoms with E-state index in [-0.39, 0.29) is 82.1 Å². The Kier molecular flexibility index (Phi) is 23.9. The maximum atomic E-state index is 14.8. The fourth-order valence-corrected chi connectivity index (χ4v) is 9.37. The van der Waals surface area contributed by atoms with Crippen LogP contribution in [0.15, 0.2) is 126 Å². The van der Waals surface area contributed by atoms with Gasteiger partial charge in [0.2, 0.25) is 53.2 Å². The summed E-state index contributed by atoms with van der Waals surface area (Å²) in [5.74, 6) is -8.37. The highest BCUT2D eigenvalue weighted by Crippen LogP contribution is 2.21. The molecule has 0 fully saturated rings. The number of nitrogens with one attached hydrogen (secondary N) is 9. The van der Waals surface area contributed by atoms with Crippen LogP contribution in [0.5, 0.6) is 5.75 Å². The lowest BCUT2D eigenvalue weighted by atomic mass is 10.0. The van der Waals surface area contributed by atoms with E-state index >= 15 is 0 Å². The van der Waals surface area contributed by atoms with Gasteiger partial charge in [0.05, 0.1) is 19.0 Å². The molecule has 0 spiro atoms. The Morgan fingerprint density at radius 2 is 0.907 bits per heavy atom. The molecule has 0 radical (unpaired) electrons. The molecule has 0 bridgehead atoms. The van der Waals surface area contributed by atoms with Crippen molar-refractivity contribution in [2.24, 2.45) is 50.1 Å². The standard InChI is InChI=1S/C58H74N18O10/c59-39(24-33-18-20-36(77)21-19-33)51(81)72-43(17-9-23-67-58(64)65)54(84)76-47(28-48(60)78)56(86)75-46(27-35-30-69-41-15-7-5-13-38(35)41)55(85)74-45(25-32-10-2-1-3-11-32)52(82)70-31-49(79)71-42(16-8-22-66-57(62)63)53(83)73-44(50(61)80)26-34-29-68-40-14-6-4-12-37(34)40/h1-7,10-15,18-21,29-30,39,42-47,68-69,77H,8-9,16-17,22-28,31,59H2,(H2,60,78)(H2,61,80)(H,70,82)(H,71,79)(H,72,81)(H,73,83)(H,74,85)(H,75,86)(H,76,84)(H4,62,63,66)(H4,64,65,67)/t39-,42-,43-,44-,45-,46-,47-/m0/s1. The molecule has 24 N–H and O–H groups in total. The minimum atomic E-state index is -1.73. The first-order valence-electron chi connectivity index (χ1n) is 27.6. The van der Waals surface area contributed by atoms with E-state index in [0.29, 0.717) is 33.2 Å². The van der Waals surface area contributed by atoms with E-state index in [1.807, 2.05) is 24.3 Å². The summed E-state index contributed by atoms with van der Waals surface area (Å²) in [6, 6.07) is 19.3. The van der Waals surface area contributed by atoms with E-state index in [2.05, 4.69) is 57.2 Å². The van der Waals surface area contributed by atoms with Crippen molar-refractivity contribution >= 4 is 86.9 Å². The molecule has 0 unspecified atom stereocenters. The fourth-order valence-electron chi connectivity index (χ4n) is 9.37. The van der Waals surface area contributed by atoms with E-state index in [1.165, 1.54) is 12.1 Å². The van der Waals surface area contributed by atoms with Crippen LogP contribution in [0.1, 0.15) is 54.4 Å². The van der Waals surface area contributed by atoms with Gasteiger partial charge in [0.15, 0.2) is 11.9 Å². The summed E-state index contributed by atoms with van der Waals surface area (Å²) in [5, 5.41) is 29.4. The number of primary amides is 2. The molecule has 28 heteroatoms. The smallest absolute Gasteiger partial charge is 0.243 e. The molecule has 456 valence electrons. The van der Waals surface area contributed by atoms with Crippen LogP contribution in [0.25, 0.3) is 21.8 Å². The third-order valence-corrected chi connectivity index (χ3v) is 13.8. The normalized spacial score (nSPS) is 13.5. The molecular formula is C58H74N18O10. The largest absolute Gasteiger partial charge is 0.508 e. The zero-order chi connectivity index (χ0) is 62.3. The number of para-hydroxylation sites is 2. The molecule has 4 aromatic carbocycles. The van der Waals surface area contributed by atoms with Crippen molar-refractivity contribution in [3.8, 4) is 5.75 Å². The number of rotatable bonds is 33. The minimum absolute atomic E-state index is 0.000743. The molecule has 0 aliphatic carbocycles. The molecule has 86 heavy (non-hydrogen) atoms. The third kappa shape index (κ3) is 20.1. The number of hydrogen-bond acceptors (Lipinski definition) is 13. The molecular weight excluding hydrogens is 1110 g/mol. The monoisotopic (exact) mass is 1180 g/mol. The number of carbonyl (C=O) groups is 9. The second-order valence-corrected chi connectivity index (χ2v) is 20.4. The first-order valence-corrected chi connectivity index (χ1v) is 27.6. The van der Waals surface area contributed by atoms with Gasteiger partial charge < -0.3 is 92.4 Å². The molecule has 0 saturated carbocycles. The van der Waals surface area contributed by atoms with Gasteiger partial charge in [-0.1, -0.05) is 78.9 Å². The predicted molar refractivity (Wildman–Crippen MR) is 321 cm³/mol. The Balaban J connectivity index is 1.21.